The molecule has 4 heteroatoms. The SMILES string of the molecule is CC(C)(C)OC(=O)C1=NO1. The summed E-state index contributed by atoms with van der Waals surface area (Å²) in [5.41, 5.74) is -0.467. The molecule has 0 unspecified atom stereocenters. The van der Waals surface area contributed by atoms with E-state index in [0.717, 1.165) is 0 Å². The van der Waals surface area contributed by atoms with Crippen LogP contribution in [0.4, 0.5) is 0 Å². The number of hydrogen-bond donors (Lipinski definition) is 0. The van der Waals surface area contributed by atoms with Crippen LogP contribution in [0.1, 0.15) is 20.8 Å². The number of ether oxygens (including phenoxy) is 1. The quantitative estimate of drug-likeness (QED) is 0.507. The molecule has 0 aromatic carbocycles. The van der Waals surface area contributed by atoms with Gasteiger partial charge in [0.25, 0.3) is 0 Å². The molecular formula is C6H9NO3. The van der Waals surface area contributed by atoms with Crippen molar-refractivity contribution in [2.24, 2.45) is 5.16 Å². The van der Waals surface area contributed by atoms with Crippen LogP contribution in [-0.4, -0.2) is 17.5 Å². The van der Waals surface area contributed by atoms with Crippen molar-refractivity contribution in [3.63, 3.8) is 0 Å². The topological polar surface area (TPSA) is 51.2 Å². The molecule has 0 radical (unpaired) electrons. The van der Waals surface area contributed by atoms with Crippen LogP contribution in [0.2, 0.25) is 0 Å². The minimum absolute atomic E-state index is 0.0647. The fourth-order valence-electron chi connectivity index (χ4n) is 0.419. The van der Waals surface area contributed by atoms with Gasteiger partial charge in [-0.05, 0) is 25.9 Å². The predicted octanol–water partition coefficient (Wildman–Crippen LogP) is 0.672. The maximum Gasteiger partial charge on any atom is 0.400 e. The van der Waals surface area contributed by atoms with Crippen molar-refractivity contribution < 1.29 is 14.4 Å². The van der Waals surface area contributed by atoms with Crippen LogP contribution in [0.5, 0.6) is 0 Å². The molecule has 0 aromatic rings. The van der Waals surface area contributed by atoms with E-state index in [-0.39, 0.29) is 5.90 Å². The van der Waals surface area contributed by atoms with E-state index < -0.39 is 11.6 Å². The van der Waals surface area contributed by atoms with E-state index >= 15 is 0 Å². The van der Waals surface area contributed by atoms with Crippen LogP contribution in [0.25, 0.3) is 0 Å². The Balaban J connectivity index is 2.38. The monoisotopic (exact) mass is 143 g/mol. The van der Waals surface area contributed by atoms with Crippen LogP contribution in [0.15, 0.2) is 5.16 Å². The van der Waals surface area contributed by atoms with Crippen molar-refractivity contribution in [2.45, 2.75) is 26.4 Å². The number of nitrogens with zero attached hydrogens (tertiary/aromatic N) is 1. The first-order valence-electron chi connectivity index (χ1n) is 2.97. The second-order valence-corrected chi connectivity index (χ2v) is 2.99. The molecule has 4 nitrogen and oxygen atoms in total. The van der Waals surface area contributed by atoms with Gasteiger partial charge in [-0.25, -0.2) is 4.79 Å². The lowest BCUT2D eigenvalue weighted by Gasteiger charge is -2.16. The molecule has 0 aliphatic carbocycles. The molecule has 1 aliphatic heterocycles. The van der Waals surface area contributed by atoms with E-state index in [1.54, 1.807) is 20.8 Å². The zero-order valence-corrected chi connectivity index (χ0v) is 6.17. The third-order valence-electron chi connectivity index (χ3n) is 0.756. The number of rotatable bonds is 1. The van der Waals surface area contributed by atoms with Crippen LogP contribution >= 0.6 is 0 Å². The molecular weight excluding hydrogens is 134 g/mol. The van der Waals surface area contributed by atoms with Gasteiger partial charge in [-0.1, -0.05) is 0 Å². The Labute approximate surface area is 58.8 Å². The molecule has 0 saturated carbocycles. The maximum atomic E-state index is 10.7. The van der Waals surface area contributed by atoms with Crippen molar-refractivity contribution >= 4 is 11.9 Å². The van der Waals surface area contributed by atoms with Gasteiger partial charge in [0, 0.05) is 0 Å². The molecule has 0 spiro atoms. The van der Waals surface area contributed by atoms with E-state index in [2.05, 4.69) is 9.99 Å². The highest BCUT2D eigenvalue weighted by Gasteiger charge is 2.30. The second-order valence-electron chi connectivity index (χ2n) is 2.99. The van der Waals surface area contributed by atoms with E-state index in [0.29, 0.717) is 0 Å². The Morgan fingerprint density at radius 1 is 1.60 bits per heavy atom. The van der Waals surface area contributed by atoms with Crippen LogP contribution in [0.3, 0.4) is 0 Å². The summed E-state index contributed by atoms with van der Waals surface area (Å²) in [6.45, 7) is 5.36. The van der Waals surface area contributed by atoms with Gasteiger partial charge in [-0.2, -0.15) is 0 Å². The number of carbonyl (C=O) groups is 1. The van der Waals surface area contributed by atoms with Gasteiger partial charge in [-0.15, -0.1) is 0 Å². The molecule has 0 fully saturated rings. The Hall–Kier alpha value is -1.06. The second kappa shape index (κ2) is 1.97. The van der Waals surface area contributed by atoms with Gasteiger partial charge < -0.3 is 9.57 Å². The molecule has 0 N–H and O–H groups in total. The smallest absolute Gasteiger partial charge is 0.400 e. The predicted molar refractivity (Wildman–Crippen MR) is 34.4 cm³/mol. The summed E-state index contributed by atoms with van der Waals surface area (Å²) < 4.78 is 4.87. The van der Waals surface area contributed by atoms with Gasteiger partial charge in [0.15, 0.2) is 0 Å². The molecule has 0 aromatic heterocycles. The number of hydrogen-bond acceptors (Lipinski definition) is 4. The van der Waals surface area contributed by atoms with Crippen molar-refractivity contribution in [2.75, 3.05) is 0 Å². The van der Waals surface area contributed by atoms with Gasteiger partial charge in [0.1, 0.15) is 5.60 Å². The molecule has 10 heavy (non-hydrogen) atoms. The first kappa shape index (κ1) is 7.05. The first-order valence-corrected chi connectivity index (χ1v) is 2.97. The fraction of sp³-hybridized carbons (Fsp3) is 0.667. The molecule has 1 aliphatic rings. The van der Waals surface area contributed by atoms with E-state index in [4.69, 9.17) is 4.74 Å². The Morgan fingerprint density at radius 2 is 2.10 bits per heavy atom. The Morgan fingerprint density at radius 3 is 2.40 bits per heavy atom. The van der Waals surface area contributed by atoms with Crippen LogP contribution < -0.4 is 0 Å². The van der Waals surface area contributed by atoms with E-state index in [1.807, 2.05) is 0 Å². The molecule has 56 valence electrons. The average Bonchev–Trinajstić information content (AvgIpc) is 2.35. The highest BCUT2D eigenvalue weighted by molar-refractivity contribution is 6.35. The zero-order valence-electron chi connectivity index (χ0n) is 6.17. The fourth-order valence-corrected chi connectivity index (χ4v) is 0.419. The summed E-state index contributed by atoms with van der Waals surface area (Å²) in [5.74, 6) is -0.428. The third kappa shape index (κ3) is 2.05. The van der Waals surface area contributed by atoms with Gasteiger partial charge in [0.05, 0.1) is 0 Å². The summed E-state index contributed by atoms with van der Waals surface area (Å²) in [6.07, 6.45) is 0. The van der Waals surface area contributed by atoms with Crippen molar-refractivity contribution in [1.82, 2.24) is 0 Å². The standard InChI is InChI=1S/C6H9NO3/c1-6(2,3)9-5(8)4-7-10-4/h1-3H3. The Bertz CT molecular complexity index is 190. The van der Waals surface area contributed by atoms with E-state index in [1.165, 1.54) is 0 Å². The average molecular weight is 143 g/mol. The molecule has 0 saturated heterocycles. The third-order valence-corrected chi connectivity index (χ3v) is 0.756. The number of esters is 1. The summed E-state index contributed by atoms with van der Waals surface area (Å²) >= 11 is 0. The minimum Gasteiger partial charge on any atom is -0.453 e. The molecule has 0 bridgehead atoms. The van der Waals surface area contributed by atoms with Gasteiger partial charge in [-0.3, -0.25) is 0 Å². The first-order chi connectivity index (χ1) is 4.49. The van der Waals surface area contributed by atoms with Crippen molar-refractivity contribution in [3.8, 4) is 0 Å². The summed E-state index contributed by atoms with van der Waals surface area (Å²) in [5, 5.41) is 3.23. The molecule has 0 atom stereocenters. The molecule has 1 heterocycles. The molecule has 0 amide bonds. The lowest BCUT2D eigenvalue weighted by molar-refractivity contribution is -0.146. The van der Waals surface area contributed by atoms with Crippen molar-refractivity contribution in [3.05, 3.63) is 0 Å². The maximum absolute atomic E-state index is 10.7. The number of oxime groups is 1. The zero-order chi connectivity index (χ0) is 7.78. The number of carbonyl (C=O) groups excluding carboxylic acids is 1. The molecule has 1 rings (SSSR count). The summed E-state index contributed by atoms with van der Waals surface area (Å²) in [7, 11) is 0. The van der Waals surface area contributed by atoms with Gasteiger partial charge in [0.2, 0.25) is 0 Å². The van der Waals surface area contributed by atoms with E-state index in [9.17, 15) is 4.79 Å². The van der Waals surface area contributed by atoms with Crippen LogP contribution in [0, 0.1) is 0 Å². The Kier molecular flexibility index (Phi) is 1.39. The lowest BCUT2D eigenvalue weighted by Crippen LogP contribution is -2.25. The lowest BCUT2D eigenvalue weighted by atomic mass is 10.2. The van der Waals surface area contributed by atoms with Gasteiger partial charge >= 0.3 is 11.9 Å². The minimum atomic E-state index is -0.493. The largest absolute Gasteiger partial charge is 0.453 e. The van der Waals surface area contributed by atoms with Crippen molar-refractivity contribution in [1.29, 1.82) is 0 Å². The summed E-state index contributed by atoms with van der Waals surface area (Å²) in [6, 6.07) is 0. The summed E-state index contributed by atoms with van der Waals surface area (Å²) in [4.78, 5) is 15.0. The highest BCUT2D eigenvalue weighted by atomic mass is 16.8. The van der Waals surface area contributed by atoms with Crippen LogP contribution in [-0.2, 0) is 14.4 Å². The normalized spacial score (nSPS) is 15.3. The highest BCUT2D eigenvalue weighted by Crippen LogP contribution is 2.11.